The van der Waals surface area contributed by atoms with Crippen molar-refractivity contribution >= 4 is 5.69 Å². The molecule has 0 aliphatic heterocycles. The minimum atomic E-state index is 0.0347. The van der Waals surface area contributed by atoms with Crippen LogP contribution >= 0.6 is 0 Å². The Morgan fingerprint density at radius 3 is 1.65 bits per heavy atom. The first-order valence-electron chi connectivity index (χ1n) is 19.4. The summed E-state index contributed by atoms with van der Waals surface area (Å²) in [5.41, 5.74) is 14.0. The quantitative estimate of drug-likeness (QED) is 0.168. The van der Waals surface area contributed by atoms with E-state index in [2.05, 4.69) is 95.8 Å². The molecule has 7 aromatic rings. The lowest BCUT2D eigenvalue weighted by atomic mass is 9.43. The van der Waals surface area contributed by atoms with E-state index in [0.29, 0.717) is 35.0 Å². The van der Waals surface area contributed by atoms with Crippen LogP contribution in [0.2, 0.25) is 0 Å². The largest absolute Gasteiger partial charge is 0.238 e. The molecule has 0 unspecified atom stereocenters. The third-order valence-corrected chi connectivity index (χ3v) is 13.1. The van der Waals surface area contributed by atoms with E-state index in [-0.39, 0.29) is 5.41 Å². The van der Waals surface area contributed by atoms with Crippen LogP contribution in [0.25, 0.3) is 72.4 Å². The Balaban J connectivity index is 1.05. The van der Waals surface area contributed by atoms with Crippen molar-refractivity contribution in [1.82, 2.24) is 15.0 Å². The number of benzene rings is 6. The zero-order valence-corrected chi connectivity index (χ0v) is 30.0. The third kappa shape index (κ3) is 4.78. The molecule has 4 nitrogen and oxygen atoms in total. The molecule has 4 heteroatoms. The van der Waals surface area contributed by atoms with Crippen molar-refractivity contribution in [3.05, 3.63) is 168 Å². The molecule has 0 saturated heterocycles. The lowest BCUT2D eigenvalue weighted by Gasteiger charge is -2.61. The normalized spacial score (nSPS) is 22.9. The van der Waals surface area contributed by atoms with Gasteiger partial charge in [0, 0.05) is 22.1 Å². The predicted octanol–water partition coefficient (Wildman–Crippen LogP) is 12.5. The van der Waals surface area contributed by atoms with Crippen molar-refractivity contribution in [1.29, 1.82) is 0 Å². The molecule has 0 atom stereocenters. The Hall–Kier alpha value is -6.18. The van der Waals surface area contributed by atoms with E-state index in [9.17, 15) is 0 Å². The second-order valence-corrected chi connectivity index (χ2v) is 15.9. The Morgan fingerprint density at radius 1 is 0.426 bits per heavy atom. The van der Waals surface area contributed by atoms with Gasteiger partial charge < -0.3 is 0 Å². The molecule has 5 aliphatic carbocycles. The van der Waals surface area contributed by atoms with Gasteiger partial charge in [0.1, 0.15) is 0 Å². The smallest absolute Gasteiger partial charge is 0.194 e. The van der Waals surface area contributed by atoms with Gasteiger partial charge in [-0.2, -0.15) is 0 Å². The molecule has 258 valence electrons. The molecule has 1 spiro atoms. The summed E-state index contributed by atoms with van der Waals surface area (Å²) in [5.74, 6) is 5.08. The molecule has 1 aromatic heterocycles. The molecule has 0 amide bonds. The van der Waals surface area contributed by atoms with E-state index in [1.54, 1.807) is 0 Å². The molecule has 12 rings (SSSR count). The predicted molar refractivity (Wildman–Crippen MR) is 217 cm³/mol. The van der Waals surface area contributed by atoms with Crippen molar-refractivity contribution in [2.75, 3.05) is 0 Å². The van der Waals surface area contributed by atoms with Gasteiger partial charge in [0.25, 0.3) is 0 Å². The monoisotopic (exact) mass is 694 g/mol. The first-order chi connectivity index (χ1) is 26.7. The second kappa shape index (κ2) is 12.2. The van der Waals surface area contributed by atoms with Crippen molar-refractivity contribution in [2.24, 2.45) is 23.7 Å². The van der Waals surface area contributed by atoms with Gasteiger partial charge in [-0.15, -0.1) is 0 Å². The summed E-state index contributed by atoms with van der Waals surface area (Å²) >= 11 is 0. The Morgan fingerprint density at radius 2 is 0.981 bits per heavy atom. The minimum absolute atomic E-state index is 0.0347. The summed E-state index contributed by atoms with van der Waals surface area (Å²) in [6.45, 7) is 7.86. The van der Waals surface area contributed by atoms with Gasteiger partial charge in [0.15, 0.2) is 23.2 Å². The van der Waals surface area contributed by atoms with E-state index in [4.69, 9.17) is 21.5 Å². The summed E-state index contributed by atoms with van der Waals surface area (Å²) in [6, 6.07) is 51.5. The molecule has 0 radical (unpaired) electrons. The number of aromatic nitrogens is 3. The van der Waals surface area contributed by atoms with Gasteiger partial charge >= 0.3 is 0 Å². The summed E-state index contributed by atoms with van der Waals surface area (Å²) in [4.78, 5) is 18.9. The Labute approximate surface area is 316 Å². The zero-order valence-electron chi connectivity index (χ0n) is 30.0. The molecule has 4 saturated carbocycles. The van der Waals surface area contributed by atoms with Crippen LogP contribution < -0.4 is 0 Å². The highest BCUT2D eigenvalue weighted by Gasteiger charge is 2.61. The van der Waals surface area contributed by atoms with E-state index >= 15 is 0 Å². The maximum Gasteiger partial charge on any atom is 0.194 e. The van der Waals surface area contributed by atoms with E-state index < -0.39 is 0 Å². The minimum Gasteiger partial charge on any atom is -0.238 e. The van der Waals surface area contributed by atoms with Gasteiger partial charge in [-0.1, -0.05) is 127 Å². The number of rotatable bonds is 5. The maximum absolute atomic E-state index is 7.86. The molecule has 4 bridgehead atoms. The molecule has 6 aromatic carbocycles. The molecular weight excluding hydrogens is 657 g/mol. The molecule has 5 aliphatic rings. The van der Waals surface area contributed by atoms with Crippen LogP contribution in [0.1, 0.15) is 43.2 Å². The van der Waals surface area contributed by atoms with Crippen molar-refractivity contribution in [3.8, 4) is 67.5 Å². The average Bonchev–Trinajstić information content (AvgIpc) is 3.52. The van der Waals surface area contributed by atoms with Crippen molar-refractivity contribution in [3.63, 3.8) is 0 Å². The molecule has 0 N–H and O–H groups in total. The molecule has 54 heavy (non-hydrogen) atoms. The number of para-hydroxylation sites is 1. The summed E-state index contributed by atoms with van der Waals surface area (Å²) in [5, 5.41) is 0. The summed E-state index contributed by atoms with van der Waals surface area (Å²) < 4.78 is 0. The Bertz CT molecular complexity index is 2550. The van der Waals surface area contributed by atoms with Crippen LogP contribution in [0.5, 0.6) is 0 Å². The fraction of sp³-hybridized carbons (Fsp3) is 0.200. The highest BCUT2D eigenvalue weighted by Crippen LogP contribution is 2.69. The fourth-order valence-corrected chi connectivity index (χ4v) is 11.1. The van der Waals surface area contributed by atoms with E-state index in [1.165, 1.54) is 65.5 Å². The van der Waals surface area contributed by atoms with Gasteiger partial charge in [-0.3, -0.25) is 0 Å². The lowest BCUT2D eigenvalue weighted by molar-refractivity contribution is -0.0399. The standard InChI is InChI=1S/C50H38N4/c1-51-46-18-9-8-17-41(46)37-20-22-44-43(29-37)42-21-19-36(30-45(42)50(44)39-24-31-23-32(26-39)27-40(50)25-31)35-15-10-16-38(28-35)49-53-47(33-11-4-2-5-12-33)52-48(54-49)34-13-6-3-7-14-34/h2-22,28-32,39-40H,23-27H2. The Kier molecular flexibility index (Phi) is 7.07. The third-order valence-electron chi connectivity index (χ3n) is 13.1. The van der Waals surface area contributed by atoms with Crippen LogP contribution in [0.3, 0.4) is 0 Å². The van der Waals surface area contributed by atoms with E-state index in [0.717, 1.165) is 39.7 Å². The maximum atomic E-state index is 7.86. The number of fused-ring (bicyclic) bond motifs is 3. The summed E-state index contributed by atoms with van der Waals surface area (Å²) in [7, 11) is 0. The van der Waals surface area contributed by atoms with Gasteiger partial charge in [0.2, 0.25) is 0 Å². The first kappa shape index (κ1) is 31.4. The van der Waals surface area contributed by atoms with Crippen molar-refractivity contribution < 1.29 is 0 Å². The van der Waals surface area contributed by atoms with Crippen LogP contribution in [-0.4, -0.2) is 15.0 Å². The average molecular weight is 695 g/mol. The lowest BCUT2D eigenvalue weighted by Crippen LogP contribution is -2.55. The highest BCUT2D eigenvalue weighted by molar-refractivity contribution is 5.89. The van der Waals surface area contributed by atoms with Gasteiger partial charge in [-0.05, 0) is 118 Å². The van der Waals surface area contributed by atoms with E-state index in [1.807, 2.05) is 54.6 Å². The van der Waals surface area contributed by atoms with Crippen LogP contribution in [0.4, 0.5) is 5.69 Å². The topological polar surface area (TPSA) is 43.0 Å². The summed E-state index contributed by atoms with van der Waals surface area (Å²) in [6.07, 6.45) is 6.76. The van der Waals surface area contributed by atoms with Crippen LogP contribution in [0, 0.1) is 30.2 Å². The zero-order chi connectivity index (χ0) is 35.8. The van der Waals surface area contributed by atoms with Gasteiger partial charge in [0.05, 0.1) is 6.57 Å². The SMILES string of the molecule is [C-]#[N+]c1ccccc1-c1ccc2c(c1)-c1ccc(-c3cccc(-c4nc(-c5ccccc5)nc(-c5ccccc5)n4)c3)cc1C21C2CC3CC(C2)CC1C3. The second-order valence-electron chi connectivity index (χ2n) is 15.9. The van der Waals surface area contributed by atoms with Gasteiger partial charge in [-0.25, -0.2) is 19.8 Å². The van der Waals surface area contributed by atoms with Crippen LogP contribution in [0.15, 0.2) is 146 Å². The molecular formula is C50H38N4. The highest BCUT2D eigenvalue weighted by atomic mass is 15.0. The van der Waals surface area contributed by atoms with Crippen molar-refractivity contribution in [2.45, 2.75) is 37.5 Å². The number of hydrogen-bond donors (Lipinski definition) is 0. The molecule has 1 heterocycles. The number of hydrogen-bond acceptors (Lipinski definition) is 3. The molecule has 4 fully saturated rings. The fourth-order valence-electron chi connectivity index (χ4n) is 11.1. The first-order valence-corrected chi connectivity index (χ1v) is 19.4. The number of nitrogens with zero attached hydrogens (tertiary/aromatic N) is 4. The van der Waals surface area contributed by atoms with Crippen LogP contribution in [-0.2, 0) is 5.41 Å².